The van der Waals surface area contributed by atoms with Gasteiger partial charge in [-0.2, -0.15) is 0 Å². The summed E-state index contributed by atoms with van der Waals surface area (Å²) in [5.41, 5.74) is 1.12. The molecule has 0 atom stereocenters. The lowest BCUT2D eigenvalue weighted by Crippen LogP contribution is -2.14. The van der Waals surface area contributed by atoms with E-state index in [1.54, 1.807) is 7.05 Å². The Balaban J connectivity index is 2.14. The molecule has 0 spiro atoms. The molecule has 17 heavy (non-hydrogen) atoms. The van der Waals surface area contributed by atoms with Crippen molar-refractivity contribution < 1.29 is 19.7 Å². The molecule has 0 saturated heterocycles. The lowest BCUT2D eigenvalue weighted by molar-refractivity contribution is -0.486. The van der Waals surface area contributed by atoms with Crippen LogP contribution in [0.3, 0.4) is 0 Å². The molecule has 5 heteroatoms. The van der Waals surface area contributed by atoms with E-state index in [4.69, 9.17) is 9.84 Å². The van der Waals surface area contributed by atoms with Crippen LogP contribution in [0.4, 0.5) is 0 Å². The first kappa shape index (κ1) is 11.2. The lowest BCUT2D eigenvalue weighted by atomic mass is 10.2. The zero-order chi connectivity index (χ0) is 12.3. The zero-order valence-electron chi connectivity index (χ0n) is 9.38. The van der Waals surface area contributed by atoms with Crippen molar-refractivity contribution in [2.75, 3.05) is 0 Å². The maximum Gasteiger partial charge on any atom is 0.347 e. The third-order valence-corrected chi connectivity index (χ3v) is 2.39. The SMILES string of the molecule is Cn1[nH+]cc(C(=O)O)c1OCc1ccccc1. The van der Waals surface area contributed by atoms with Crippen molar-refractivity contribution in [1.82, 2.24) is 4.68 Å². The molecule has 0 aliphatic carbocycles. The number of aromatic amines is 1. The van der Waals surface area contributed by atoms with Crippen molar-refractivity contribution >= 4 is 5.97 Å². The van der Waals surface area contributed by atoms with Crippen LogP contribution in [0.2, 0.25) is 0 Å². The lowest BCUT2D eigenvalue weighted by Gasteiger charge is -2.04. The van der Waals surface area contributed by atoms with E-state index in [0.717, 1.165) is 5.56 Å². The van der Waals surface area contributed by atoms with Gasteiger partial charge in [0.15, 0.2) is 5.56 Å². The predicted octanol–water partition coefficient (Wildman–Crippen LogP) is 1.12. The Morgan fingerprint density at radius 3 is 2.76 bits per heavy atom. The van der Waals surface area contributed by atoms with Crippen LogP contribution in [0.15, 0.2) is 36.5 Å². The molecule has 0 saturated carbocycles. The van der Waals surface area contributed by atoms with Crippen LogP contribution < -0.4 is 9.84 Å². The largest absolute Gasteiger partial charge is 0.477 e. The molecule has 0 amide bonds. The molecule has 1 aromatic heterocycles. The second kappa shape index (κ2) is 4.69. The molecule has 0 fully saturated rings. The Morgan fingerprint density at radius 1 is 1.41 bits per heavy atom. The van der Waals surface area contributed by atoms with Gasteiger partial charge in [0, 0.05) is 0 Å². The number of carbonyl (C=O) groups is 1. The number of aromatic nitrogens is 2. The summed E-state index contributed by atoms with van der Waals surface area (Å²) in [6.07, 6.45) is 1.41. The van der Waals surface area contributed by atoms with Gasteiger partial charge >= 0.3 is 5.97 Å². The molecular weight excluding hydrogens is 220 g/mol. The van der Waals surface area contributed by atoms with Gasteiger partial charge in [0.2, 0.25) is 6.20 Å². The Morgan fingerprint density at radius 2 is 2.12 bits per heavy atom. The number of aromatic carboxylic acids is 1. The Hall–Kier alpha value is -2.30. The summed E-state index contributed by atoms with van der Waals surface area (Å²) in [6, 6.07) is 9.59. The Bertz CT molecular complexity index is 520. The molecule has 2 rings (SSSR count). The summed E-state index contributed by atoms with van der Waals surface area (Å²) in [7, 11) is 1.70. The van der Waals surface area contributed by atoms with Crippen molar-refractivity contribution in [3.63, 3.8) is 0 Å². The van der Waals surface area contributed by atoms with E-state index in [1.807, 2.05) is 30.3 Å². The number of benzene rings is 1. The number of carboxylic acids is 1. The number of ether oxygens (including phenoxy) is 1. The minimum Gasteiger partial charge on any atom is -0.477 e. The van der Waals surface area contributed by atoms with Crippen LogP contribution in [-0.2, 0) is 13.7 Å². The highest BCUT2D eigenvalue weighted by Crippen LogP contribution is 2.16. The van der Waals surface area contributed by atoms with Gasteiger partial charge in [-0.15, -0.1) is 9.78 Å². The molecule has 2 N–H and O–H groups in total. The first-order chi connectivity index (χ1) is 8.18. The summed E-state index contributed by atoms with van der Waals surface area (Å²) in [5, 5.41) is 11.7. The van der Waals surface area contributed by atoms with Crippen LogP contribution in [0.1, 0.15) is 15.9 Å². The minimum atomic E-state index is -1.01. The van der Waals surface area contributed by atoms with Gasteiger partial charge in [-0.05, 0) is 5.56 Å². The van der Waals surface area contributed by atoms with Crippen LogP contribution in [0, 0.1) is 0 Å². The molecule has 0 bridgehead atoms. The number of aryl methyl sites for hydroxylation is 1. The topological polar surface area (TPSA) is 65.6 Å². The maximum absolute atomic E-state index is 10.9. The van der Waals surface area contributed by atoms with E-state index in [0.29, 0.717) is 12.5 Å². The normalized spacial score (nSPS) is 10.2. The number of hydrogen-bond acceptors (Lipinski definition) is 2. The number of carboxylic acid groups (broad SMARTS) is 1. The van der Waals surface area contributed by atoms with Crippen molar-refractivity contribution in [2.24, 2.45) is 7.05 Å². The summed E-state index contributed by atoms with van der Waals surface area (Å²) in [4.78, 5) is 10.9. The number of hydrogen-bond donors (Lipinski definition) is 1. The van der Waals surface area contributed by atoms with Crippen molar-refractivity contribution in [3.05, 3.63) is 47.7 Å². The third kappa shape index (κ3) is 2.44. The molecule has 2 aromatic rings. The van der Waals surface area contributed by atoms with Crippen molar-refractivity contribution in [2.45, 2.75) is 6.61 Å². The van der Waals surface area contributed by atoms with Gasteiger partial charge in [0.25, 0.3) is 5.88 Å². The van der Waals surface area contributed by atoms with Gasteiger partial charge in [0.1, 0.15) is 6.61 Å². The van der Waals surface area contributed by atoms with Gasteiger partial charge < -0.3 is 9.84 Å². The number of nitrogens with zero attached hydrogens (tertiary/aromatic N) is 1. The zero-order valence-corrected chi connectivity index (χ0v) is 9.38. The standard InChI is InChI=1S/C12H12N2O3/c1-14-11(10(7-13-14)12(15)16)17-8-9-5-3-2-4-6-9/h2-7H,8H2,1H3,(H,15,16)/p+1. The van der Waals surface area contributed by atoms with E-state index in [-0.39, 0.29) is 5.56 Å². The summed E-state index contributed by atoms with van der Waals surface area (Å²) in [5.74, 6) is -0.689. The molecular formula is C12H13N2O3+. The van der Waals surface area contributed by atoms with E-state index < -0.39 is 5.97 Å². The highest BCUT2D eigenvalue weighted by atomic mass is 16.5. The molecule has 0 unspecified atom stereocenters. The average Bonchev–Trinajstić information content (AvgIpc) is 2.69. The summed E-state index contributed by atoms with van der Waals surface area (Å²) in [6.45, 7) is 0.340. The van der Waals surface area contributed by atoms with Gasteiger partial charge in [0.05, 0.1) is 7.05 Å². The van der Waals surface area contributed by atoms with E-state index in [1.165, 1.54) is 10.9 Å². The van der Waals surface area contributed by atoms with E-state index >= 15 is 0 Å². The number of nitrogens with one attached hydrogen (secondary N) is 1. The first-order valence-electron chi connectivity index (χ1n) is 5.16. The highest BCUT2D eigenvalue weighted by molar-refractivity contribution is 5.89. The van der Waals surface area contributed by atoms with Crippen LogP contribution >= 0.6 is 0 Å². The molecule has 0 aliphatic heterocycles. The number of rotatable bonds is 4. The Kier molecular flexibility index (Phi) is 3.09. The van der Waals surface area contributed by atoms with E-state index in [9.17, 15) is 4.79 Å². The van der Waals surface area contributed by atoms with Gasteiger partial charge in [-0.25, -0.2) is 4.79 Å². The fourth-order valence-electron chi connectivity index (χ4n) is 1.52. The monoisotopic (exact) mass is 233 g/mol. The first-order valence-corrected chi connectivity index (χ1v) is 5.16. The van der Waals surface area contributed by atoms with Crippen molar-refractivity contribution in [3.8, 4) is 5.88 Å². The molecule has 1 heterocycles. The van der Waals surface area contributed by atoms with Gasteiger partial charge in [-0.1, -0.05) is 30.3 Å². The molecule has 0 aliphatic rings. The fraction of sp³-hybridized carbons (Fsp3) is 0.167. The summed E-state index contributed by atoms with van der Waals surface area (Å²) < 4.78 is 7.04. The van der Waals surface area contributed by atoms with E-state index in [2.05, 4.69) is 5.10 Å². The maximum atomic E-state index is 10.9. The molecule has 1 aromatic carbocycles. The quantitative estimate of drug-likeness (QED) is 0.860. The second-order valence-corrected chi connectivity index (χ2v) is 3.63. The highest BCUT2D eigenvalue weighted by Gasteiger charge is 2.20. The van der Waals surface area contributed by atoms with Crippen LogP contribution in [0.25, 0.3) is 0 Å². The van der Waals surface area contributed by atoms with Crippen LogP contribution in [0.5, 0.6) is 5.88 Å². The van der Waals surface area contributed by atoms with Crippen LogP contribution in [-0.4, -0.2) is 15.8 Å². The molecule has 0 radical (unpaired) electrons. The fourth-order valence-corrected chi connectivity index (χ4v) is 1.52. The number of H-pyrrole nitrogens is 1. The van der Waals surface area contributed by atoms with Crippen molar-refractivity contribution in [1.29, 1.82) is 0 Å². The minimum absolute atomic E-state index is 0.128. The predicted molar refractivity (Wildman–Crippen MR) is 59.7 cm³/mol. The second-order valence-electron chi connectivity index (χ2n) is 3.63. The molecule has 88 valence electrons. The Labute approximate surface area is 98.3 Å². The van der Waals surface area contributed by atoms with Gasteiger partial charge in [-0.3, -0.25) is 0 Å². The smallest absolute Gasteiger partial charge is 0.347 e. The third-order valence-electron chi connectivity index (χ3n) is 2.39. The summed E-state index contributed by atoms with van der Waals surface area (Å²) >= 11 is 0. The molecule has 5 nitrogen and oxygen atoms in total. The average molecular weight is 233 g/mol.